The molecule has 0 spiro atoms. The first-order chi connectivity index (χ1) is 7.06. The largest absolute Gasteiger partial charge is 0.372 e. The number of nitrogens with one attached hydrogen (secondary N) is 3. The van der Waals surface area contributed by atoms with Gasteiger partial charge in [0.15, 0.2) is 0 Å². The summed E-state index contributed by atoms with van der Waals surface area (Å²) in [5, 5.41) is 13.9. The van der Waals surface area contributed by atoms with Crippen LogP contribution in [0.1, 0.15) is 26.3 Å². The fourth-order valence-electron chi connectivity index (χ4n) is 1.31. The summed E-state index contributed by atoms with van der Waals surface area (Å²) in [6.45, 7) is 5.79. The molecular formula is C10H17N5. The number of nitrogens with zero attached hydrogens (tertiary/aromatic N) is 2. The van der Waals surface area contributed by atoms with Crippen molar-refractivity contribution in [3.8, 4) is 0 Å². The average Bonchev–Trinajstić information content (AvgIpc) is 2.15. The van der Waals surface area contributed by atoms with E-state index in [1.807, 2.05) is 13.8 Å². The van der Waals surface area contributed by atoms with Crippen LogP contribution in [0.15, 0.2) is 6.33 Å². The highest BCUT2D eigenvalue weighted by molar-refractivity contribution is 6.04. The molecule has 1 aromatic rings. The third-order valence-electron chi connectivity index (χ3n) is 1.88. The molecule has 82 valence electrons. The average molecular weight is 207 g/mol. The van der Waals surface area contributed by atoms with E-state index in [1.54, 1.807) is 14.0 Å². The molecule has 0 radical (unpaired) electrons. The van der Waals surface area contributed by atoms with Gasteiger partial charge in [0.2, 0.25) is 0 Å². The summed E-state index contributed by atoms with van der Waals surface area (Å²) in [5.74, 6) is 1.39. The minimum absolute atomic E-state index is 0.280. The van der Waals surface area contributed by atoms with E-state index in [4.69, 9.17) is 5.41 Å². The van der Waals surface area contributed by atoms with Crippen molar-refractivity contribution in [2.45, 2.75) is 26.8 Å². The van der Waals surface area contributed by atoms with E-state index in [0.717, 1.165) is 5.56 Å². The first-order valence-electron chi connectivity index (χ1n) is 4.91. The van der Waals surface area contributed by atoms with Gasteiger partial charge in [-0.25, -0.2) is 9.97 Å². The zero-order valence-electron chi connectivity index (χ0n) is 9.55. The second-order valence-electron chi connectivity index (χ2n) is 3.62. The van der Waals surface area contributed by atoms with Crippen molar-refractivity contribution in [2.24, 2.45) is 0 Å². The molecule has 3 N–H and O–H groups in total. The molecule has 5 heteroatoms. The van der Waals surface area contributed by atoms with Crippen LogP contribution in [0, 0.1) is 5.41 Å². The molecule has 0 aliphatic carbocycles. The van der Waals surface area contributed by atoms with Gasteiger partial charge in [-0.2, -0.15) is 0 Å². The topological polar surface area (TPSA) is 73.7 Å². The third kappa shape index (κ3) is 2.65. The lowest BCUT2D eigenvalue weighted by Crippen LogP contribution is -2.16. The standard InChI is InChI=1S/C10H17N5/c1-6(2)15-10-8(7(3)11)9(12-4)13-5-14-10/h5-6,11H,1-4H3,(H2,12,13,14,15). The molecule has 0 fully saturated rings. The number of aromatic nitrogens is 2. The molecule has 0 atom stereocenters. The Bertz CT molecular complexity index is 359. The van der Waals surface area contributed by atoms with Crippen LogP contribution in [-0.2, 0) is 0 Å². The fourth-order valence-corrected chi connectivity index (χ4v) is 1.31. The molecular weight excluding hydrogens is 190 g/mol. The van der Waals surface area contributed by atoms with Crippen molar-refractivity contribution in [3.05, 3.63) is 11.9 Å². The second-order valence-corrected chi connectivity index (χ2v) is 3.62. The van der Waals surface area contributed by atoms with E-state index in [-0.39, 0.29) is 6.04 Å². The predicted octanol–water partition coefficient (Wildman–Crippen LogP) is 1.73. The van der Waals surface area contributed by atoms with Crippen LogP contribution in [0.5, 0.6) is 0 Å². The summed E-state index contributed by atoms with van der Waals surface area (Å²) in [4.78, 5) is 8.23. The minimum atomic E-state index is 0.280. The molecule has 0 aliphatic rings. The van der Waals surface area contributed by atoms with Crippen molar-refractivity contribution in [1.29, 1.82) is 5.41 Å². The van der Waals surface area contributed by atoms with Gasteiger partial charge in [0, 0.05) is 18.8 Å². The summed E-state index contributed by atoms with van der Waals surface area (Å²) < 4.78 is 0. The molecule has 1 rings (SSSR count). The lowest BCUT2D eigenvalue weighted by atomic mass is 10.2. The van der Waals surface area contributed by atoms with Crippen LogP contribution in [0.25, 0.3) is 0 Å². The maximum absolute atomic E-state index is 7.70. The van der Waals surface area contributed by atoms with Crippen LogP contribution in [0.2, 0.25) is 0 Å². The van der Waals surface area contributed by atoms with Gasteiger partial charge in [-0.3, -0.25) is 0 Å². The fraction of sp³-hybridized carbons (Fsp3) is 0.500. The maximum Gasteiger partial charge on any atom is 0.140 e. The van der Waals surface area contributed by atoms with Gasteiger partial charge in [0.05, 0.1) is 5.56 Å². The first kappa shape index (κ1) is 11.4. The van der Waals surface area contributed by atoms with Gasteiger partial charge in [-0.15, -0.1) is 0 Å². The zero-order chi connectivity index (χ0) is 11.4. The molecule has 0 unspecified atom stereocenters. The molecule has 0 saturated heterocycles. The quantitative estimate of drug-likeness (QED) is 0.657. The van der Waals surface area contributed by atoms with Gasteiger partial charge in [0.1, 0.15) is 18.0 Å². The Morgan fingerprint density at radius 2 is 1.93 bits per heavy atom. The zero-order valence-corrected chi connectivity index (χ0v) is 9.55. The normalized spacial score (nSPS) is 10.2. The van der Waals surface area contributed by atoms with Crippen molar-refractivity contribution in [3.63, 3.8) is 0 Å². The number of rotatable bonds is 4. The van der Waals surface area contributed by atoms with Gasteiger partial charge in [-0.1, -0.05) is 0 Å². The Kier molecular flexibility index (Phi) is 3.60. The van der Waals surface area contributed by atoms with Crippen LogP contribution in [0.3, 0.4) is 0 Å². The Morgan fingerprint density at radius 1 is 1.33 bits per heavy atom. The van der Waals surface area contributed by atoms with Gasteiger partial charge < -0.3 is 16.0 Å². The highest BCUT2D eigenvalue weighted by Gasteiger charge is 2.12. The molecule has 1 heterocycles. The summed E-state index contributed by atoms with van der Waals surface area (Å²) in [6.07, 6.45) is 1.49. The van der Waals surface area contributed by atoms with E-state index in [0.29, 0.717) is 17.3 Å². The van der Waals surface area contributed by atoms with E-state index in [2.05, 4.69) is 20.6 Å². The molecule has 1 aromatic heterocycles. The van der Waals surface area contributed by atoms with Crippen LogP contribution >= 0.6 is 0 Å². The maximum atomic E-state index is 7.70. The monoisotopic (exact) mass is 207 g/mol. The molecule has 0 aromatic carbocycles. The van der Waals surface area contributed by atoms with Crippen molar-refractivity contribution in [1.82, 2.24) is 9.97 Å². The van der Waals surface area contributed by atoms with E-state index in [9.17, 15) is 0 Å². The first-order valence-corrected chi connectivity index (χ1v) is 4.91. The Morgan fingerprint density at radius 3 is 2.40 bits per heavy atom. The molecule has 0 saturated carbocycles. The van der Waals surface area contributed by atoms with Crippen molar-refractivity contribution < 1.29 is 0 Å². The predicted molar refractivity (Wildman–Crippen MR) is 62.8 cm³/mol. The summed E-state index contributed by atoms with van der Waals surface area (Å²) >= 11 is 0. The number of hydrogen-bond acceptors (Lipinski definition) is 5. The molecule has 0 bridgehead atoms. The van der Waals surface area contributed by atoms with E-state index >= 15 is 0 Å². The van der Waals surface area contributed by atoms with Gasteiger partial charge in [-0.05, 0) is 20.8 Å². The van der Waals surface area contributed by atoms with E-state index < -0.39 is 0 Å². The highest BCUT2D eigenvalue weighted by atomic mass is 15.1. The minimum Gasteiger partial charge on any atom is -0.372 e. The SMILES string of the molecule is CNc1ncnc(NC(C)C)c1C(C)=N. The summed E-state index contributed by atoms with van der Waals surface area (Å²) in [5.41, 5.74) is 1.18. The molecule has 0 amide bonds. The lowest BCUT2D eigenvalue weighted by Gasteiger charge is -2.15. The summed E-state index contributed by atoms with van der Waals surface area (Å²) in [6, 6.07) is 0.280. The second kappa shape index (κ2) is 4.72. The number of hydrogen-bond donors (Lipinski definition) is 3. The van der Waals surface area contributed by atoms with Crippen molar-refractivity contribution >= 4 is 17.3 Å². The highest BCUT2D eigenvalue weighted by Crippen LogP contribution is 2.20. The van der Waals surface area contributed by atoms with Crippen LogP contribution < -0.4 is 10.6 Å². The molecule has 0 aliphatic heterocycles. The molecule has 15 heavy (non-hydrogen) atoms. The van der Waals surface area contributed by atoms with Gasteiger partial charge in [0.25, 0.3) is 0 Å². The summed E-state index contributed by atoms with van der Waals surface area (Å²) in [7, 11) is 1.79. The Labute approximate surface area is 89.8 Å². The smallest absolute Gasteiger partial charge is 0.140 e. The van der Waals surface area contributed by atoms with Gasteiger partial charge >= 0.3 is 0 Å². The van der Waals surface area contributed by atoms with Crippen LogP contribution in [-0.4, -0.2) is 28.8 Å². The van der Waals surface area contributed by atoms with Crippen LogP contribution in [0.4, 0.5) is 11.6 Å². The third-order valence-corrected chi connectivity index (χ3v) is 1.88. The number of anilines is 2. The van der Waals surface area contributed by atoms with Crippen molar-refractivity contribution in [2.75, 3.05) is 17.7 Å². The Balaban J connectivity index is 3.19. The Hall–Kier alpha value is -1.65. The van der Waals surface area contributed by atoms with E-state index in [1.165, 1.54) is 6.33 Å². The molecule has 5 nitrogen and oxygen atoms in total. The lowest BCUT2D eigenvalue weighted by molar-refractivity contribution is 0.885.